The van der Waals surface area contributed by atoms with Gasteiger partial charge in [-0.3, -0.25) is 9.59 Å². The molecule has 0 heterocycles. The molecular formula is C15H20N2O3. The third-order valence-electron chi connectivity index (χ3n) is 3.72. The summed E-state index contributed by atoms with van der Waals surface area (Å²) in [6.07, 6.45) is 0.457. The largest absolute Gasteiger partial charge is 0.481 e. The first kappa shape index (κ1) is 14.5. The molecule has 1 saturated carbocycles. The summed E-state index contributed by atoms with van der Waals surface area (Å²) < 4.78 is 0. The Morgan fingerprint density at radius 1 is 1.30 bits per heavy atom. The van der Waals surface area contributed by atoms with E-state index in [0.717, 1.165) is 5.56 Å². The molecule has 3 unspecified atom stereocenters. The van der Waals surface area contributed by atoms with Gasteiger partial charge in [0.25, 0.3) is 0 Å². The minimum Gasteiger partial charge on any atom is -0.481 e. The molecule has 1 fully saturated rings. The SMILES string of the molecule is CN(C)C(CNC(=O)C1CC1C(=O)O)c1ccccc1. The molecule has 1 aliphatic carbocycles. The topological polar surface area (TPSA) is 69.6 Å². The molecule has 0 bridgehead atoms. The Morgan fingerprint density at radius 2 is 1.95 bits per heavy atom. The molecule has 1 amide bonds. The smallest absolute Gasteiger partial charge is 0.307 e. The lowest BCUT2D eigenvalue weighted by molar-refractivity contribution is -0.140. The fourth-order valence-electron chi connectivity index (χ4n) is 2.36. The fourth-order valence-corrected chi connectivity index (χ4v) is 2.36. The van der Waals surface area contributed by atoms with Crippen LogP contribution in [0.2, 0.25) is 0 Å². The van der Waals surface area contributed by atoms with Gasteiger partial charge >= 0.3 is 5.97 Å². The Balaban J connectivity index is 1.91. The second kappa shape index (κ2) is 6.05. The summed E-state index contributed by atoms with van der Waals surface area (Å²) in [7, 11) is 3.92. The lowest BCUT2D eigenvalue weighted by Crippen LogP contribution is -2.35. The summed E-state index contributed by atoms with van der Waals surface area (Å²) in [5.41, 5.74) is 1.13. The zero-order valence-electron chi connectivity index (χ0n) is 11.7. The average molecular weight is 276 g/mol. The van der Waals surface area contributed by atoms with Crippen LogP contribution >= 0.6 is 0 Å². The van der Waals surface area contributed by atoms with Crippen LogP contribution in [0.3, 0.4) is 0 Å². The van der Waals surface area contributed by atoms with E-state index in [0.29, 0.717) is 13.0 Å². The highest BCUT2D eigenvalue weighted by atomic mass is 16.4. The van der Waals surface area contributed by atoms with Crippen LogP contribution in [0.5, 0.6) is 0 Å². The lowest BCUT2D eigenvalue weighted by Gasteiger charge is -2.25. The van der Waals surface area contributed by atoms with E-state index in [9.17, 15) is 9.59 Å². The Kier molecular flexibility index (Phi) is 4.39. The van der Waals surface area contributed by atoms with Gasteiger partial charge in [0.15, 0.2) is 0 Å². The number of aliphatic carboxylic acids is 1. The zero-order valence-corrected chi connectivity index (χ0v) is 11.7. The van der Waals surface area contributed by atoms with Crippen molar-refractivity contribution in [2.45, 2.75) is 12.5 Å². The summed E-state index contributed by atoms with van der Waals surface area (Å²) >= 11 is 0. The predicted molar refractivity (Wildman–Crippen MR) is 75.1 cm³/mol. The monoisotopic (exact) mass is 276 g/mol. The van der Waals surface area contributed by atoms with Crippen molar-refractivity contribution in [1.29, 1.82) is 0 Å². The molecule has 20 heavy (non-hydrogen) atoms. The summed E-state index contributed by atoms with van der Waals surface area (Å²) in [5, 5.41) is 11.7. The third-order valence-corrected chi connectivity index (χ3v) is 3.72. The van der Waals surface area contributed by atoms with Gasteiger partial charge in [0.1, 0.15) is 0 Å². The molecule has 0 saturated heterocycles. The number of nitrogens with zero attached hydrogens (tertiary/aromatic N) is 1. The van der Waals surface area contributed by atoms with E-state index in [4.69, 9.17) is 5.11 Å². The third kappa shape index (κ3) is 3.36. The minimum atomic E-state index is -0.877. The highest BCUT2D eigenvalue weighted by Gasteiger charge is 2.48. The number of rotatable bonds is 6. The highest BCUT2D eigenvalue weighted by Crippen LogP contribution is 2.38. The number of carbonyl (C=O) groups is 2. The summed E-state index contributed by atoms with van der Waals surface area (Å²) in [6.45, 7) is 0.485. The molecule has 5 heteroatoms. The highest BCUT2D eigenvalue weighted by molar-refractivity contribution is 5.89. The Morgan fingerprint density at radius 3 is 2.45 bits per heavy atom. The fraction of sp³-hybridized carbons (Fsp3) is 0.467. The Labute approximate surface area is 118 Å². The molecule has 0 aromatic heterocycles. The van der Waals surface area contributed by atoms with Crippen molar-refractivity contribution in [2.75, 3.05) is 20.6 Å². The van der Waals surface area contributed by atoms with E-state index >= 15 is 0 Å². The van der Waals surface area contributed by atoms with Crippen molar-refractivity contribution in [3.8, 4) is 0 Å². The summed E-state index contributed by atoms with van der Waals surface area (Å²) in [4.78, 5) is 24.7. The molecule has 5 nitrogen and oxygen atoms in total. The Bertz CT molecular complexity index is 487. The van der Waals surface area contributed by atoms with Gasteiger partial charge in [-0.2, -0.15) is 0 Å². The van der Waals surface area contributed by atoms with Gasteiger partial charge in [0.05, 0.1) is 17.9 Å². The molecule has 2 rings (SSSR count). The van der Waals surface area contributed by atoms with E-state index in [1.807, 2.05) is 49.3 Å². The van der Waals surface area contributed by atoms with Crippen molar-refractivity contribution in [3.63, 3.8) is 0 Å². The lowest BCUT2D eigenvalue weighted by atomic mass is 10.1. The van der Waals surface area contributed by atoms with Crippen LogP contribution in [0.15, 0.2) is 30.3 Å². The maximum atomic E-state index is 11.9. The molecule has 1 aliphatic rings. The molecule has 2 N–H and O–H groups in total. The van der Waals surface area contributed by atoms with E-state index < -0.39 is 11.9 Å². The number of hydrogen-bond donors (Lipinski definition) is 2. The van der Waals surface area contributed by atoms with Gasteiger partial charge in [0, 0.05) is 6.54 Å². The van der Waals surface area contributed by atoms with Crippen LogP contribution in [0, 0.1) is 11.8 Å². The van der Waals surface area contributed by atoms with Crippen molar-refractivity contribution >= 4 is 11.9 Å². The number of carboxylic acids is 1. The molecule has 1 aromatic carbocycles. The van der Waals surface area contributed by atoms with Gasteiger partial charge in [-0.25, -0.2) is 0 Å². The number of hydrogen-bond acceptors (Lipinski definition) is 3. The van der Waals surface area contributed by atoms with Gasteiger partial charge < -0.3 is 15.3 Å². The first-order chi connectivity index (χ1) is 9.50. The van der Waals surface area contributed by atoms with E-state index in [-0.39, 0.29) is 17.9 Å². The number of amides is 1. The van der Waals surface area contributed by atoms with Gasteiger partial charge in [-0.05, 0) is 26.1 Å². The first-order valence-corrected chi connectivity index (χ1v) is 6.72. The van der Waals surface area contributed by atoms with Crippen molar-refractivity contribution in [2.24, 2.45) is 11.8 Å². The van der Waals surface area contributed by atoms with Crippen LogP contribution in [-0.2, 0) is 9.59 Å². The number of benzene rings is 1. The summed E-state index contributed by atoms with van der Waals surface area (Å²) in [5.74, 6) is -1.88. The maximum absolute atomic E-state index is 11.9. The molecule has 0 radical (unpaired) electrons. The molecule has 1 aromatic rings. The number of likely N-dealkylation sites (N-methyl/N-ethyl adjacent to an activating group) is 1. The van der Waals surface area contributed by atoms with Crippen LogP contribution in [0.1, 0.15) is 18.0 Å². The standard InChI is InChI=1S/C15H20N2O3/c1-17(2)13(10-6-4-3-5-7-10)9-16-14(18)11-8-12(11)15(19)20/h3-7,11-13H,8-9H2,1-2H3,(H,16,18)(H,19,20). The zero-order chi connectivity index (χ0) is 14.7. The van der Waals surface area contributed by atoms with Crippen molar-refractivity contribution in [1.82, 2.24) is 10.2 Å². The number of carbonyl (C=O) groups excluding carboxylic acids is 1. The second-order valence-electron chi connectivity index (χ2n) is 5.42. The quantitative estimate of drug-likeness (QED) is 0.817. The van der Waals surface area contributed by atoms with Crippen LogP contribution in [0.25, 0.3) is 0 Å². The van der Waals surface area contributed by atoms with Gasteiger partial charge in [-0.1, -0.05) is 30.3 Å². The maximum Gasteiger partial charge on any atom is 0.307 e. The van der Waals surface area contributed by atoms with Crippen molar-refractivity contribution < 1.29 is 14.7 Å². The second-order valence-corrected chi connectivity index (χ2v) is 5.42. The molecule has 3 atom stereocenters. The molecule has 0 spiro atoms. The normalized spacial score (nSPS) is 22.4. The predicted octanol–water partition coefficient (Wildman–Crippen LogP) is 1.13. The van der Waals surface area contributed by atoms with Crippen LogP contribution < -0.4 is 5.32 Å². The average Bonchev–Trinajstić information content (AvgIpc) is 3.20. The molecular weight excluding hydrogens is 256 g/mol. The van der Waals surface area contributed by atoms with Crippen LogP contribution in [-0.4, -0.2) is 42.5 Å². The van der Waals surface area contributed by atoms with E-state index in [1.54, 1.807) is 0 Å². The Hall–Kier alpha value is -1.88. The van der Waals surface area contributed by atoms with Crippen molar-refractivity contribution in [3.05, 3.63) is 35.9 Å². The molecule has 0 aliphatic heterocycles. The number of carboxylic acid groups (broad SMARTS) is 1. The number of nitrogens with one attached hydrogen (secondary N) is 1. The van der Waals surface area contributed by atoms with E-state index in [1.165, 1.54) is 0 Å². The van der Waals surface area contributed by atoms with Gasteiger partial charge in [0.2, 0.25) is 5.91 Å². The minimum absolute atomic E-state index is 0.0854. The first-order valence-electron chi connectivity index (χ1n) is 6.72. The molecule has 108 valence electrons. The van der Waals surface area contributed by atoms with E-state index in [2.05, 4.69) is 5.32 Å². The van der Waals surface area contributed by atoms with Gasteiger partial charge in [-0.15, -0.1) is 0 Å². The summed E-state index contributed by atoms with van der Waals surface area (Å²) in [6, 6.07) is 10.0. The van der Waals surface area contributed by atoms with Crippen LogP contribution in [0.4, 0.5) is 0 Å².